The summed E-state index contributed by atoms with van der Waals surface area (Å²) in [7, 11) is 0. The van der Waals surface area contributed by atoms with Crippen LogP contribution in [0.5, 0.6) is 0 Å². The summed E-state index contributed by atoms with van der Waals surface area (Å²) >= 11 is 0. The van der Waals surface area contributed by atoms with Gasteiger partial charge in [-0.2, -0.15) is 13.2 Å². The van der Waals surface area contributed by atoms with E-state index in [9.17, 15) is 18.0 Å². The van der Waals surface area contributed by atoms with E-state index >= 15 is 0 Å². The monoisotopic (exact) mass is 282 g/mol. The molecule has 3 rings (SSSR count). The van der Waals surface area contributed by atoms with Gasteiger partial charge in [0.05, 0.1) is 11.8 Å². The van der Waals surface area contributed by atoms with Crippen LogP contribution in [-0.2, 0) is 5.66 Å². The van der Waals surface area contributed by atoms with E-state index in [1.54, 1.807) is 0 Å². The number of alkyl halides is 3. The molecular formula is C11H5F3N4O2. The van der Waals surface area contributed by atoms with Gasteiger partial charge in [-0.3, -0.25) is 4.79 Å². The average Bonchev–Trinajstić information content (AvgIpc) is 3.05. The van der Waals surface area contributed by atoms with Crippen LogP contribution < -0.4 is 0 Å². The van der Waals surface area contributed by atoms with Crippen LogP contribution in [0, 0.1) is 0 Å². The number of carbonyl (C=O) groups excluding carboxylic acids is 1. The normalized spacial score (nSPS) is 16.9. The van der Waals surface area contributed by atoms with Gasteiger partial charge in [-0.15, -0.1) is 10.2 Å². The average molecular weight is 282 g/mol. The third-order valence-electron chi connectivity index (χ3n) is 2.92. The molecular weight excluding hydrogens is 277 g/mol. The molecule has 20 heavy (non-hydrogen) atoms. The minimum atomic E-state index is -4.83. The Kier molecular flexibility index (Phi) is 2.46. The fraction of sp³-hybridized carbons (Fsp3) is 0.182. The summed E-state index contributed by atoms with van der Waals surface area (Å²) in [4.78, 5) is 11.0. The zero-order chi connectivity index (χ0) is 14.4. The molecule has 0 unspecified atom stereocenters. The maximum Gasteiger partial charge on any atom is 0.442 e. The molecule has 1 aliphatic heterocycles. The molecule has 0 saturated heterocycles. The molecule has 6 nitrogen and oxygen atoms in total. The van der Waals surface area contributed by atoms with Crippen molar-refractivity contribution in [3.63, 3.8) is 0 Å². The molecule has 2 aromatic rings. The summed E-state index contributed by atoms with van der Waals surface area (Å²) in [5, 5.41) is 12.4. The van der Waals surface area contributed by atoms with Gasteiger partial charge in [0.1, 0.15) is 5.58 Å². The van der Waals surface area contributed by atoms with E-state index in [0.29, 0.717) is 11.7 Å². The molecule has 0 saturated carbocycles. The number of fused-ring (bicyclic) bond motifs is 1. The second-order valence-electron chi connectivity index (χ2n) is 4.07. The highest BCUT2D eigenvalue weighted by Gasteiger charge is 2.60. The van der Waals surface area contributed by atoms with E-state index in [0.717, 1.165) is 6.07 Å². The number of benzene rings is 1. The Morgan fingerprint density at radius 2 is 1.90 bits per heavy atom. The molecule has 1 aliphatic rings. The third kappa shape index (κ3) is 1.55. The SMILES string of the molecule is O=Cc1cc(C2(C(F)(F)F)N=NN=N2)cc2ccoc12. The van der Waals surface area contributed by atoms with Crippen LogP contribution in [0.2, 0.25) is 0 Å². The number of carbonyl (C=O) groups is 1. The van der Waals surface area contributed by atoms with E-state index in [-0.39, 0.29) is 16.7 Å². The van der Waals surface area contributed by atoms with Gasteiger partial charge in [0, 0.05) is 10.9 Å². The molecule has 0 N–H and O–H groups in total. The molecule has 1 aromatic heterocycles. The number of hydrogen-bond acceptors (Lipinski definition) is 6. The van der Waals surface area contributed by atoms with Crippen LogP contribution in [-0.4, -0.2) is 12.5 Å². The van der Waals surface area contributed by atoms with Gasteiger partial charge in [0.25, 0.3) is 0 Å². The smallest absolute Gasteiger partial charge is 0.442 e. The Morgan fingerprint density at radius 3 is 2.50 bits per heavy atom. The fourth-order valence-electron chi connectivity index (χ4n) is 1.98. The van der Waals surface area contributed by atoms with Crippen molar-refractivity contribution in [3.8, 4) is 0 Å². The lowest BCUT2D eigenvalue weighted by Crippen LogP contribution is -2.37. The summed E-state index contributed by atoms with van der Waals surface area (Å²) in [6, 6.07) is 3.66. The second kappa shape index (κ2) is 3.95. The highest BCUT2D eigenvalue weighted by Crippen LogP contribution is 2.47. The van der Waals surface area contributed by atoms with E-state index in [1.807, 2.05) is 0 Å². The summed E-state index contributed by atoms with van der Waals surface area (Å²) < 4.78 is 44.8. The number of aldehydes is 1. The maximum absolute atomic E-state index is 13.2. The van der Waals surface area contributed by atoms with Crippen LogP contribution in [0.4, 0.5) is 13.2 Å². The molecule has 0 radical (unpaired) electrons. The minimum Gasteiger partial charge on any atom is -0.464 e. The maximum atomic E-state index is 13.2. The Labute approximate surface area is 109 Å². The first-order chi connectivity index (χ1) is 9.48. The first-order valence-corrected chi connectivity index (χ1v) is 5.36. The van der Waals surface area contributed by atoms with Gasteiger partial charge in [0.2, 0.25) is 0 Å². The zero-order valence-corrected chi connectivity index (χ0v) is 9.63. The number of furan rings is 1. The lowest BCUT2D eigenvalue weighted by Gasteiger charge is -2.23. The van der Waals surface area contributed by atoms with E-state index in [2.05, 4.69) is 20.7 Å². The van der Waals surface area contributed by atoms with Gasteiger partial charge in [-0.1, -0.05) is 0 Å². The van der Waals surface area contributed by atoms with Crippen molar-refractivity contribution in [3.05, 3.63) is 35.6 Å². The third-order valence-corrected chi connectivity index (χ3v) is 2.92. The predicted molar refractivity (Wildman–Crippen MR) is 59.0 cm³/mol. The number of nitrogens with zero attached hydrogens (tertiary/aromatic N) is 4. The lowest BCUT2D eigenvalue weighted by atomic mass is 9.96. The molecule has 0 aliphatic carbocycles. The standard InChI is InChI=1S/C11H5F3N4O2/c12-11(13,14)10(15-17-18-16-10)8-3-6-1-2-20-9(6)7(4-8)5-19/h1-5H. The number of rotatable bonds is 2. The topological polar surface area (TPSA) is 79.6 Å². The first kappa shape index (κ1) is 12.5. The second-order valence-corrected chi connectivity index (χ2v) is 4.07. The van der Waals surface area contributed by atoms with Crippen LogP contribution in [0.1, 0.15) is 15.9 Å². The van der Waals surface area contributed by atoms with Crippen molar-refractivity contribution in [1.82, 2.24) is 0 Å². The van der Waals surface area contributed by atoms with Gasteiger partial charge >= 0.3 is 11.8 Å². The molecule has 0 atom stereocenters. The molecule has 102 valence electrons. The zero-order valence-electron chi connectivity index (χ0n) is 9.63. The highest BCUT2D eigenvalue weighted by molar-refractivity contribution is 5.95. The number of hydrogen-bond donors (Lipinski definition) is 0. The van der Waals surface area contributed by atoms with E-state index < -0.39 is 11.8 Å². The van der Waals surface area contributed by atoms with Gasteiger partial charge in [-0.05, 0) is 28.6 Å². The Balaban J connectivity index is 2.30. The quantitative estimate of drug-likeness (QED) is 0.785. The van der Waals surface area contributed by atoms with Crippen LogP contribution in [0.25, 0.3) is 11.0 Å². The van der Waals surface area contributed by atoms with Gasteiger partial charge in [-0.25, -0.2) is 0 Å². The van der Waals surface area contributed by atoms with Gasteiger partial charge < -0.3 is 4.42 Å². The first-order valence-electron chi connectivity index (χ1n) is 5.36. The van der Waals surface area contributed by atoms with Crippen molar-refractivity contribution in [1.29, 1.82) is 0 Å². The largest absolute Gasteiger partial charge is 0.464 e. The van der Waals surface area contributed by atoms with Gasteiger partial charge in [0.15, 0.2) is 6.29 Å². The van der Waals surface area contributed by atoms with E-state index in [4.69, 9.17) is 4.42 Å². The fourth-order valence-corrected chi connectivity index (χ4v) is 1.98. The minimum absolute atomic E-state index is 0.0246. The molecule has 0 amide bonds. The summed E-state index contributed by atoms with van der Waals surface area (Å²) in [6.45, 7) is 0. The van der Waals surface area contributed by atoms with Crippen molar-refractivity contribution < 1.29 is 22.4 Å². The highest BCUT2D eigenvalue weighted by atomic mass is 19.4. The van der Waals surface area contributed by atoms with Crippen LogP contribution in [0.3, 0.4) is 0 Å². The summed E-state index contributed by atoms with van der Waals surface area (Å²) in [5.41, 5.74) is -3.07. The molecule has 1 aromatic carbocycles. The van der Waals surface area contributed by atoms with Crippen molar-refractivity contribution >= 4 is 17.3 Å². The van der Waals surface area contributed by atoms with Crippen molar-refractivity contribution in [2.45, 2.75) is 11.8 Å². The summed E-state index contributed by atoms with van der Waals surface area (Å²) in [6.07, 6.45) is -3.14. The van der Waals surface area contributed by atoms with Crippen molar-refractivity contribution in [2.75, 3.05) is 0 Å². The molecule has 0 bridgehead atoms. The van der Waals surface area contributed by atoms with Crippen LogP contribution >= 0.6 is 0 Å². The number of halogens is 3. The Morgan fingerprint density at radius 1 is 1.20 bits per heavy atom. The molecule has 9 heteroatoms. The predicted octanol–water partition coefficient (Wildman–Crippen LogP) is 3.79. The van der Waals surface area contributed by atoms with Crippen molar-refractivity contribution in [2.24, 2.45) is 20.7 Å². The molecule has 0 fully saturated rings. The van der Waals surface area contributed by atoms with E-state index in [1.165, 1.54) is 18.4 Å². The lowest BCUT2D eigenvalue weighted by molar-refractivity contribution is -0.187. The Bertz CT molecular complexity index is 736. The molecule has 0 spiro atoms. The molecule has 2 heterocycles. The summed E-state index contributed by atoms with van der Waals surface area (Å²) in [5.74, 6) is 0. The van der Waals surface area contributed by atoms with Crippen LogP contribution in [0.15, 0.2) is 49.6 Å². The Hall–Kier alpha value is -2.58.